The van der Waals surface area contributed by atoms with Gasteiger partial charge in [0, 0.05) is 5.56 Å². The number of benzene rings is 2. The molecule has 26 heavy (non-hydrogen) atoms. The molecule has 0 saturated carbocycles. The Kier molecular flexibility index (Phi) is 6.63. The second kappa shape index (κ2) is 9.14. The minimum atomic E-state index is -0.537. The number of nitriles is 1. The average Bonchev–Trinajstić information content (AvgIpc) is 2.67. The van der Waals surface area contributed by atoms with Crippen molar-refractivity contribution in [1.29, 1.82) is 5.26 Å². The van der Waals surface area contributed by atoms with E-state index >= 15 is 0 Å². The average molecular weight is 352 g/mol. The van der Waals surface area contributed by atoms with Crippen molar-refractivity contribution in [2.24, 2.45) is 0 Å². The second-order valence-electron chi connectivity index (χ2n) is 5.16. The van der Waals surface area contributed by atoms with Crippen LogP contribution in [0.5, 0.6) is 17.2 Å². The van der Waals surface area contributed by atoms with Crippen LogP contribution < -0.4 is 19.5 Å². The highest BCUT2D eigenvalue weighted by molar-refractivity contribution is 6.10. The van der Waals surface area contributed by atoms with Gasteiger partial charge in [-0.1, -0.05) is 12.1 Å². The highest BCUT2D eigenvalue weighted by Gasteiger charge is 2.14. The zero-order valence-corrected chi connectivity index (χ0v) is 14.9. The Labute approximate surface area is 152 Å². The minimum Gasteiger partial charge on any atom is -0.497 e. The van der Waals surface area contributed by atoms with Gasteiger partial charge in [0.05, 0.1) is 26.5 Å². The zero-order chi connectivity index (χ0) is 18.9. The predicted molar refractivity (Wildman–Crippen MR) is 99.4 cm³/mol. The number of hydrogen-bond acceptors (Lipinski definition) is 5. The van der Waals surface area contributed by atoms with Crippen molar-refractivity contribution in [1.82, 2.24) is 0 Å². The van der Waals surface area contributed by atoms with E-state index in [-0.39, 0.29) is 5.57 Å². The highest BCUT2D eigenvalue weighted by atomic mass is 16.5. The molecule has 0 radical (unpaired) electrons. The molecule has 0 aromatic heterocycles. The van der Waals surface area contributed by atoms with Crippen molar-refractivity contribution in [3.05, 3.63) is 53.6 Å². The Morgan fingerprint density at radius 3 is 2.58 bits per heavy atom. The maximum Gasteiger partial charge on any atom is 0.266 e. The van der Waals surface area contributed by atoms with Crippen LogP contribution in [0.1, 0.15) is 12.5 Å². The Hall–Kier alpha value is -3.46. The molecule has 1 N–H and O–H groups in total. The van der Waals surface area contributed by atoms with E-state index in [0.29, 0.717) is 35.1 Å². The van der Waals surface area contributed by atoms with Gasteiger partial charge in [-0.2, -0.15) is 5.26 Å². The number of rotatable bonds is 7. The lowest BCUT2D eigenvalue weighted by Crippen LogP contribution is -2.14. The molecule has 0 spiro atoms. The van der Waals surface area contributed by atoms with Gasteiger partial charge in [-0.05, 0) is 43.3 Å². The Morgan fingerprint density at radius 1 is 1.15 bits per heavy atom. The minimum absolute atomic E-state index is 0.0668. The van der Waals surface area contributed by atoms with Crippen molar-refractivity contribution in [3.63, 3.8) is 0 Å². The van der Waals surface area contributed by atoms with Gasteiger partial charge in [0.2, 0.25) is 0 Å². The molecule has 0 aliphatic heterocycles. The fourth-order valence-electron chi connectivity index (χ4n) is 2.30. The fourth-order valence-corrected chi connectivity index (χ4v) is 2.30. The first kappa shape index (κ1) is 18.9. The lowest BCUT2D eigenvalue weighted by atomic mass is 10.1. The lowest BCUT2D eigenvalue weighted by Gasteiger charge is -2.11. The van der Waals surface area contributed by atoms with Crippen LogP contribution in [0.4, 0.5) is 5.69 Å². The third-order valence-electron chi connectivity index (χ3n) is 3.54. The molecule has 0 bridgehead atoms. The summed E-state index contributed by atoms with van der Waals surface area (Å²) < 4.78 is 15.9. The number of anilines is 1. The first-order chi connectivity index (χ1) is 12.6. The summed E-state index contributed by atoms with van der Waals surface area (Å²) in [5.74, 6) is 1.13. The fraction of sp³-hybridized carbons (Fsp3) is 0.200. The van der Waals surface area contributed by atoms with Gasteiger partial charge in [0.25, 0.3) is 5.91 Å². The van der Waals surface area contributed by atoms with E-state index in [9.17, 15) is 10.1 Å². The molecule has 6 nitrogen and oxygen atoms in total. The van der Waals surface area contributed by atoms with Crippen LogP contribution in [-0.2, 0) is 4.79 Å². The van der Waals surface area contributed by atoms with Gasteiger partial charge in [-0.3, -0.25) is 4.79 Å². The third kappa shape index (κ3) is 4.54. The number of ether oxygens (including phenoxy) is 3. The Balaban J connectivity index is 2.33. The van der Waals surface area contributed by atoms with E-state index in [0.717, 1.165) is 0 Å². The topological polar surface area (TPSA) is 80.6 Å². The summed E-state index contributed by atoms with van der Waals surface area (Å²) >= 11 is 0. The van der Waals surface area contributed by atoms with E-state index in [1.165, 1.54) is 20.3 Å². The molecule has 6 heteroatoms. The summed E-state index contributed by atoms with van der Waals surface area (Å²) in [5.41, 5.74) is 0.998. The maximum absolute atomic E-state index is 12.5. The normalized spacial score (nSPS) is 10.6. The summed E-state index contributed by atoms with van der Waals surface area (Å²) in [7, 11) is 3.06. The molecular weight excluding hydrogens is 332 g/mol. The quantitative estimate of drug-likeness (QED) is 0.608. The van der Waals surface area contributed by atoms with Crippen molar-refractivity contribution >= 4 is 17.7 Å². The van der Waals surface area contributed by atoms with E-state index in [1.54, 1.807) is 36.4 Å². The van der Waals surface area contributed by atoms with Crippen LogP contribution in [0.15, 0.2) is 48.0 Å². The van der Waals surface area contributed by atoms with Gasteiger partial charge in [-0.25, -0.2) is 0 Å². The van der Waals surface area contributed by atoms with Crippen LogP contribution in [0, 0.1) is 11.3 Å². The van der Waals surface area contributed by atoms with Gasteiger partial charge >= 0.3 is 0 Å². The Morgan fingerprint density at radius 2 is 1.92 bits per heavy atom. The van der Waals surface area contributed by atoms with Crippen LogP contribution in [0.25, 0.3) is 6.08 Å². The van der Waals surface area contributed by atoms with Crippen molar-refractivity contribution < 1.29 is 19.0 Å². The van der Waals surface area contributed by atoms with E-state index in [2.05, 4.69) is 5.32 Å². The summed E-state index contributed by atoms with van der Waals surface area (Å²) in [6, 6.07) is 14.1. The number of nitrogens with one attached hydrogen (secondary N) is 1. The van der Waals surface area contributed by atoms with Gasteiger partial charge in [-0.15, -0.1) is 0 Å². The van der Waals surface area contributed by atoms with Gasteiger partial charge in [0.15, 0.2) is 0 Å². The third-order valence-corrected chi connectivity index (χ3v) is 3.54. The van der Waals surface area contributed by atoms with Crippen LogP contribution in [0.2, 0.25) is 0 Å². The zero-order valence-electron chi connectivity index (χ0n) is 14.9. The summed E-state index contributed by atoms with van der Waals surface area (Å²) in [6.45, 7) is 2.32. The Bertz CT molecular complexity index is 853. The van der Waals surface area contributed by atoms with Crippen LogP contribution in [0.3, 0.4) is 0 Å². The molecular formula is C20H20N2O4. The number of carbonyl (C=O) groups is 1. The molecule has 0 aliphatic carbocycles. The van der Waals surface area contributed by atoms with Crippen molar-refractivity contribution in [3.8, 4) is 23.3 Å². The number of methoxy groups -OCH3 is 2. The first-order valence-corrected chi connectivity index (χ1v) is 8.00. The summed E-state index contributed by atoms with van der Waals surface area (Å²) in [6.07, 6.45) is 1.46. The van der Waals surface area contributed by atoms with Gasteiger partial charge < -0.3 is 19.5 Å². The predicted octanol–water partition coefficient (Wildman–Crippen LogP) is 3.65. The van der Waals surface area contributed by atoms with E-state index in [1.807, 2.05) is 19.1 Å². The van der Waals surface area contributed by atoms with Crippen molar-refractivity contribution in [2.75, 3.05) is 26.1 Å². The van der Waals surface area contributed by atoms with Crippen LogP contribution in [-0.4, -0.2) is 26.7 Å². The number of amides is 1. The number of carbonyl (C=O) groups excluding carboxylic acids is 1. The largest absolute Gasteiger partial charge is 0.497 e. The second-order valence-corrected chi connectivity index (χ2v) is 5.16. The molecule has 2 rings (SSSR count). The number of hydrogen-bond donors (Lipinski definition) is 1. The van der Waals surface area contributed by atoms with E-state index in [4.69, 9.17) is 14.2 Å². The standard InChI is InChI=1S/C20H20N2O4/c1-4-26-19-8-6-5-7-17(19)22-20(23)15(13-21)11-14-12-16(24-2)9-10-18(14)25-3/h5-12H,4H2,1-3H3,(H,22,23). The van der Waals surface area contributed by atoms with E-state index < -0.39 is 5.91 Å². The molecule has 1 amide bonds. The molecule has 0 fully saturated rings. The molecule has 0 aliphatic rings. The molecule has 0 atom stereocenters. The monoisotopic (exact) mass is 352 g/mol. The SMILES string of the molecule is CCOc1ccccc1NC(=O)C(C#N)=Cc1cc(OC)ccc1OC. The molecule has 2 aromatic carbocycles. The molecule has 0 heterocycles. The summed E-state index contributed by atoms with van der Waals surface area (Å²) in [4.78, 5) is 12.5. The molecule has 134 valence electrons. The number of nitrogens with zero attached hydrogens (tertiary/aromatic N) is 1. The lowest BCUT2D eigenvalue weighted by molar-refractivity contribution is -0.112. The molecule has 0 unspecified atom stereocenters. The number of para-hydroxylation sites is 2. The highest BCUT2D eigenvalue weighted by Crippen LogP contribution is 2.27. The molecule has 0 saturated heterocycles. The molecule has 2 aromatic rings. The smallest absolute Gasteiger partial charge is 0.266 e. The first-order valence-electron chi connectivity index (χ1n) is 8.00. The summed E-state index contributed by atoms with van der Waals surface area (Å²) in [5, 5.41) is 12.1. The van der Waals surface area contributed by atoms with Gasteiger partial charge in [0.1, 0.15) is 28.9 Å². The van der Waals surface area contributed by atoms with Crippen LogP contribution >= 0.6 is 0 Å². The van der Waals surface area contributed by atoms with Crippen molar-refractivity contribution in [2.45, 2.75) is 6.92 Å². The maximum atomic E-state index is 12.5.